The predicted octanol–water partition coefficient (Wildman–Crippen LogP) is 2.41. The van der Waals surface area contributed by atoms with Crippen molar-refractivity contribution in [2.75, 3.05) is 0 Å². The molecule has 0 aliphatic heterocycles. The van der Waals surface area contributed by atoms with E-state index in [1.54, 1.807) is 6.92 Å². The maximum atomic E-state index is 10.8. The molecule has 1 amide bonds. The van der Waals surface area contributed by atoms with Crippen molar-refractivity contribution in [3.63, 3.8) is 0 Å². The summed E-state index contributed by atoms with van der Waals surface area (Å²) in [5.41, 5.74) is 0.960. The number of benzene rings is 1. The van der Waals surface area contributed by atoms with Crippen molar-refractivity contribution < 1.29 is 9.53 Å². The molecular weight excluding hydrogens is 166 g/mol. The van der Waals surface area contributed by atoms with Gasteiger partial charge in [-0.25, -0.2) is 4.79 Å². The molecule has 3 nitrogen and oxygen atoms in total. The summed E-state index contributed by atoms with van der Waals surface area (Å²) < 4.78 is 4.83. The van der Waals surface area contributed by atoms with E-state index in [4.69, 9.17) is 4.74 Å². The average molecular weight is 177 g/mol. The van der Waals surface area contributed by atoms with Gasteiger partial charge in [0.15, 0.2) is 0 Å². The summed E-state index contributed by atoms with van der Waals surface area (Å²) in [7, 11) is 0. The number of hydrogen-bond acceptors (Lipinski definition) is 2. The van der Waals surface area contributed by atoms with Crippen LogP contribution >= 0.6 is 0 Å². The van der Waals surface area contributed by atoms with Crippen LogP contribution in [0.5, 0.6) is 0 Å². The molecule has 0 saturated carbocycles. The molecule has 0 aromatic heterocycles. The first-order valence-electron chi connectivity index (χ1n) is 4.02. The maximum absolute atomic E-state index is 10.8. The van der Waals surface area contributed by atoms with Gasteiger partial charge in [0.05, 0.1) is 0 Å². The second-order valence-corrected chi connectivity index (χ2v) is 2.43. The van der Waals surface area contributed by atoms with E-state index in [1.165, 1.54) is 6.21 Å². The van der Waals surface area contributed by atoms with Gasteiger partial charge in [0, 0.05) is 6.21 Å². The number of aliphatic imine (C=N–C) groups is 1. The normalized spacial score (nSPS) is 10.2. The molecular formula is C10H11NO2. The van der Waals surface area contributed by atoms with Gasteiger partial charge < -0.3 is 4.74 Å². The topological polar surface area (TPSA) is 38.7 Å². The number of hydrogen-bond donors (Lipinski definition) is 0. The summed E-state index contributed by atoms with van der Waals surface area (Å²) in [6.07, 6.45) is 0.860. The van der Waals surface area contributed by atoms with Crippen LogP contribution in [0.1, 0.15) is 12.5 Å². The Hall–Kier alpha value is -1.64. The summed E-state index contributed by atoms with van der Waals surface area (Å²) in [5.74, 6) is 0. The van der Waals surface area contributed by atoms with E-state index in [0.29, 0.717) is 0 Å². The highest BCUT2D eigenvalue weighted by Crippen LogP contribution is 2.00. The maximum Gasteiger partial charge on any atom is 0.433 e. The van der Waals surface area contributed by atoms with Gasteiger partial charge in [-0.15, -0.1) is 0 Å². The second kappa shape index (κ2) is 5.09. The van der Waals surface area contributed by atoms with Crippen molar-refractivity contribution in [1.29, 1.82) is 0 Å². The van der Waals surface area contributed by atoms with Crippen LogP contribution in [0, 0.1) is 0 Å². The fourth-order valence-corrected chi connectivity index (χ4v) is 0.862. The van der Waals surface area contributed by atoms with Crippen LogP contribution in [0.25, 0.3) is 0 Å². The Labute approximate surface area is 77.1 Å². The highest BCUT2D eigenvalue weighted by molar-refractivity contribution is 5.78. The third kappa shape index (κ3) is 3.51. The Morgan fingerprint density at radius 1 is 1.46 bits per heavy atom. The van der Waals surface area contributed by atoms with Gasteiger partial charge in [-0.05, 0) is 12.5 Å². The standard InChI is InChI=1S/C10H11NO2/c1-2-11-10(12)13-8-9-6-4-3-5-7-9/h2-7H,8H2,1H3/b11-2+. The minimum absolute atomic E-state index is 0.275. The minimum Gasteiger partial charge on any atom is -0.443 e. The highest BCUT2D eigenvalue weighted by Gasteiger charge is 1.97. The zero-order chi connectivity index (χ0) is 9.52. The largest absolute Gasteiger partial charge is 0.443 e. The molecule has 0 atom stereocenters. The first-order chi connectivity index (χ1) is 6.33. The van der Waals surface area contributed by atoms with Crippen LogP contribution in [0.15, 0.2) is 35.3 Å². The van der Waals surface area contributed by atoms with Crippen molar-refractivity contribution in [3.05, 3.63) is 35.9 Å². The molecule has 0 spiro atoms. The molecule has 0 radical (unpaired) electrons. The third-order valence-electron chi connectivity index (χ3n) is 1.44. The van der Waals surface area contributed by atoms with Gasteiger partial charge in [-0.1, -0.05) is 30.3 Å². The Bertz CT molecular complexity index is 293. The zero-order valence-corrected chi connectivity index (χ0v) is 7.43. The molecule has 0 unspecified atom stereocenters. The van der Waals surface area contributed by atoms with Gasteiger partial charge >= 0.3 is 6.09 Å². The lowest BCUT2D eigenvalue weighted by Crippen LogP contribution is -1.98. The molecule has 1 aromatic carbocycles. The number of carbonyl (C=O) groups excluding carboxylic acids is 1. The molecule has 0 fully saturated rings. The summed E-state index contributed by atoms with van der Waals surface area (Å²) in [6, 6.07) is 9.49. The number of carbonyl (C=O) groups is 1. The lowest BCUT2D eigenvalue weighted by Gasteiger charge is -1.99. The summed E-state index contributed by atoms with van der Waals surface area (Å²) in [6.45, 7) is 1.95. The van der Waals surface area contributed by atoms with Crippen molar-refractivity contribution in [2.24, 2.45) is 4.99 Å². The first-order valence-corrected chi connectivity index (χ1v) is 4.02. The monoisotopic (exact) mass is 177 g/mol. The van der Waals surface area contributed by atoms with Crippen LogP contribution in [0.2, 0.25) is 0 Å². The molecule has 0 bridgehead atoms. The fraction of sp³-hybridized carbons (Fsp3) is 0.200. The van der Waals surface area contributed by atoms with Gasteiger partial charge in [0.1, 0.15) is 6.61 Å². The molecule has 0 aliphatic rings. The smallest absolute Gasteiger partial charge is 0.433 e. The number of ether oxygens (including phenoxy) is 1. The third-order valence-corrected chi connectivity index (χ3v) is 1.44. The van der Waals surface area contributed by atoms with Crippen molar-refractivity contribution >= 4 is 12.3 Å². The summed E-state index contributed by atoms with van der Waals surface area (Å²) in [5, 5.41) is 0. The van der Waals surface area contributed by atoms with Crippen LogP contribution < -0.4 is 0 Å². The van der Waals surface area contributed by atoms with E-state index in [-0.39, 0.29) is 6.61 Å². The van der Waals surface area contributed by atoms with Gasteiger partial charge in [0.2, 0.25) is 0 Å². The number of amides is 1. The van der Waals surface area contributed by atoms with Crippen LogP contribution in [0.4, 0.5) is 4.79 Å². The van der Waals surface area contributed by atoms with Crippen LogP contribution in [0.3, 0.4) is 0 Å². The van der Waals surface area contributed by atoms with Crippen molar-refractivity contribution in [3.8, 4) is 0 Å². The quantitative estimate of drug-likeness (QED) is 0.650. The molecule has 0 N–H and O–H groups in total. The van der Waals surface area contributed by atoms with Crippen LogP contribution in [-0.2, 0) is 11.3 Å². The lowest BCUT2D eigenvalue weighted by molar-refractivity contribution is 0.151. The molecule has 13 heavy (non-hydrogen) atoms. The van der Waals surface area contributed by atoms with Crippen molar-refractivity contribution in [1.82, 2.24) is 0 Å². The minimum atomic E-state index is -0.550. The molecule has 3 heteroatoms. The molecule has 1 aromatic rings. The number of rotatable bonds is 2. The Morgan fingerprint density at radius 3 is 2.77 bits per heavy atom. The van der Waals surface area contributed by atoms with Crippen molar-refractivity contribution in [2.45, 2.75) is 13.5 Å². The Kier molecular flexibility index (Phi) is 3.70. The Balaban J connectivity index is 2.40. The summed E-state index contributed by atoms with van der Waals surface area (Å²) in [4.78, 5) is 14.2. The lowest BCUT2D eigenvalue weighted by atomic mass is 10.2. The predicted molar refractivity (Wildman–Crippen MR) is 50.8 cm³/mol. The van der Waals surface area contributed by atoms with E-state index in [1.807, 2.05) is 30.3 Å². The SMILES string of the molecule is C/C=N/C(=O)OCc1ccccc1. The first kappa shape index (κ1) is 9.45. The second-order valence-electron chi connectivity index (χ2n) is 2.43. The summed E-state index contributed by atoms with van der Waals surface area (Å²) >= 11 is 0. The molecule has 0 heterocycles. The van der Waals surface area contributed by atoms with Gasteiger partial charge in [0.25, 0.3) is 0 Å². The molecule has 0 saturated heterocycles. The van der Waals surface area contributed by atoms with Gasteiger partial charge in [-0.3, -0.25) is 0 Å². The van der Waals surface area contributed by atoms with E-state index in [2.05, 4.69) is 4.99 Å². The fourth-order valence-electron chi connectivity index (χ4n) is 0.862. The van der Waals surface area contributed by atoms with E-state index >= 15 is 0 Å². The number of nitrogens with zero attached hydrogens (tertiary/aromatic N) is 1. The average Bonchev–Trinajstić information content (AvgIpc) is 2.17. The van der Waals surface area contributed by atoms with E-state index < -0.39 is 6.09 Å². The van der Waals surface area contributed by atoms with E-state index in [0.717, 1.165) is 5.56 Å². The molecule has 0 aliphatic carbocycles. The van der Waals surface area contributed by atoms with Gasteiger partial charge in [-0.2, -0.15) is 4.99 Å². The van der Waals surface area contributed by atoms with Crippen LogP contribution in [-0.4, -0.2) is 12.3 Å². The molecule has 1 rings (SSSR count). The Morgan fingerprint density at radius 2 is 2.15 bits per heavy atom. The van der Waals surface area contributed by atoms with E-state index in [9.17, 15) is 4.79 Å². The molecule has 68 valence electrons. The zero-order valence-electron chi connectivity index (χ0n) is 7.43. The highest BCUT2D eigenvalue weighted by atomic mass is 16.5.